The third kappa shape index (κ3) is 4.22. The number of aliphatic carboxylic acids is 1. The minimum atomic E-state index is -4.50. The first-order valence-corrected chi connectivity index (χ1v) is 7.78. The molecule has 1 aromatic carbocycles. The first kappa shape index (κ1) is 19.5. The number of halogens is 3. The van der Waals surface area contributed by atoms with Gasteiger partial charge < -0.3 is 15.4 Å². The molecule has 1 heterocycles. The quantitative estimate of drug-likeness (QED) is 0.754. The molecule has 26 heavy (non-hydrogen) atoms. The van der Waals surface area contributed by atoms with Crippen molar-refractivity contribution in [1.82, 2.24) is 15.3 Å². The van der Waals surface area contributed by atoms with Crippen LogP contribution >= 0.6 is 0 Å². The standard InChI is InChI=1S/C17H18F3N3O3/c1-8(2)12(16(25)26)23-15(24)13-9(3)21-14(22-13)10-5-4-6-11(7-10)17(18,19)20/h4-8,12H,1-3H3,(H,21,22)(H,23,24)(H,25,26). The number of aryl methyl sites for hydroxylation is 1. The second-order valence-electron chi connectivity index (χ2n) is 6.17. The van der Waals surface area contributed by atoms with E-state index in [-0.39, 0.29) is 23.0 Å². The number of H-pyrrole nitrogens is 1. The van der Waals surface area contributed by atoms with Crippen molar-refractivity contribution in [3.05, 3.63) is 41.2 Å². The van der Waals surface area contributed by atoms with E-state index in [1.807, 2.05) is 0 Å². The Morgan fingerprint density at radius 1 is 1.27 bits per heavy atom. The van der Waals surface area contributed by atoms with Crippen LogP contribution in [0.15, 0.2) is 24.3 Å². The Kier molecular flexibility index (Phi) is 5.38. The Balaban J connectivity index is 2.32. The zero-order chi connectivity index (χ0) is 19.6. The molecule has 1 amide bonds. The number of nitrogens with one attached hydrogen (secondary N) is 2. The van der Waals surface area contributed by atoms with E-state index < -0.39 is 29.7 Å². The summed E-state index contributed by atoms with van der Waals surface area (Å²) in [6, 6.07) is 3.44. The van der Waals surface area contributed by atoms with Gasteiger partial charge in [-0.05, 0) is 25.0 Å². The van der Waals surface area contributed by atoms with Gasteiger partial charge in [-0.25, -0.2) is 9.78 Å². The summed E-state index contributed by atoms with van der Waals surface area (Å²) in [6.07, 6.45) is -4.50. The number of amides is 1. The highest BCUT2D eigenvalue weighted by Crippen LogP contribution is 2.31. The summed E-state index contributed by atoms with van der Waals surface area (Å²) >= 11 is 0. The van der Waals surface area contributed by atoms with Gasteiger partial charge in [-0.1, -0.05) is 26.0 Å². The minimum absolute atomic E-state index is 0.0655. The normalized spacial score (nSPS) is 12.9. The van der Waals surface area contributed by atoms with E-state index in [1.165, 1.54) is 19.1 Å². The van der Waals surface area contributed by atoms with Crippen LogP contribution in [0.25, 0.3) is 11.4 Å². The number of carboxylic acid groups (broad SMARTS) is 1. The summed E-state index contributed by atoms with van der Waals surface area (Å²) < 4.78 is 38.5. The molecule has 0 aliphatic carbocycles. The van der Waals surface area contributed by atoms with Crippen molar-refractivity contribution in [1.29, 1.82) is 0 Å². The van der Waals surface area contributed by atoms with Crippen LogP contribution in [0.1, 0.15) is 35.6 Å². The molecule has 2 aromatic rings. The van der Waals surface area contributed by atoms with Gasteiger partial charge in [0.15, 0.2) is 0 Å². The van der Waals surface area contributed by atoms with E-state index in [9.17, 15) is 22.8 Å². The maximum Gasteiger partial charge on any atom is 0.416 e. The number of hydrogen-bond acceptors (Lipinski definition) is 3. The molecular weight excluding hydrogens is 351 g/mol. The van der Waals surface area contributed by atoms with Gasteiger partial charge in [-0.3, -0.25) is 4.79 Å². The number of imidazole rings is 1. The molecule has 6 nitrogen and oxygen atoms in total. The highest BCUT2D eigenvalue weighted by Gasteiger charge is 2.31. The van der Waals surface area contributed by atoms with E-state index in [2.05, 4.69) is 15.3 Å². The fourth-order valence-corrected chi connectivity index (χ4v) is 2.38. The van der Waals surface area contributed by atoms with Gasteiger partial charge in [0, 0.05) is 11.3 Å². The van der Waals surface area contributed by atoms with E-state index in [1.54, 1.807) is 13.8 Å². The molecule has 3 N–H and O–H groups in total. The molecule has 0 aliphatic rings. The highest BCUT2D eigenvalue weighted by atomic mass is 19.4. The van der Waals surface area contributed by atoms with Crippen LogP contribution in [0, 0.1) is 12.8 Å². The van der Waals surface area contributed by atoms with Gasteiger partial charge in [0.2, 0.25) is 0 Å². The Morgan fingerprint density at radius 3 is 2.46 bits per heavy atom. The summed E-state index contributed by atoms with van der Waals surface area (Å²) in [5.74, 6) is -2.15. The smallest absolute Gasteiger partial charge is 0.416 e. The lowest BCUT2D eigenvalue weighted by Gasteiger charge is -2.17. The number of rotatable bonds is 5. The SMILES string of the molecule is Cc1[nH]c(-c2cccc(C(F)(F)F)c2)nc1C(=O)NC(C(=O)O)C(C)C. The van der Waals surface area contributed by atoms with Gasteiger partial charge >= 0.3 is 12.1 Å². The van der Waals surface area contributed by atoms with Gasteiger partial charge in [-0.2, -0.15) is 13.2 Å². The van der Waals surface area contributed by atoms with E-state index in [0.717, 1.165) is 12.1 Å². The predicted octanol–water partition coefficient (Wildman–Crippen LogP) is 3.24. The summed E-state index contributed by atoms with van der Waals surface area (Å²) in [5.41, 5.74) is -0.409. The molecule has 2 rings (SSSR count). The minimum Gasteiger partial charge on any atom is -0.480 e. The number of aromatic nitrogens is 2. The van der Waals surface area contributed by atoms with Gasteiger partial charge in [-0.15, -0.1) is 0 Å². The van der Waals surface area contributed by atoms with Crippen molar-refractivity contribution < 1.29 is 27.9 Å². The van der Waals surface area contributed by atoms with Crippen molar-refractivity contribution >= 4 is 11.9 Å². The predicted molar refractivity (Wildman–Crippen MR) is 87.5 cm³/mol. The van der Waals surface area contributed by atoms with Crippen LogP contribution in [0.5, 0.6) is 0 Å². The fraction of sp³-hybridized carbons (Fsp3) is 0.353. The third-order valence-corrected chi connectivity index (χ3v) is 3.78. The zero-order valence-corrected chi connectivity index (χ0v) is 14.3. The number of alkyl halides is 3. The lowest BCUT2D eigenvalue weighted by Crippen LogP contribution is -2.44. The highest BCUT2D eigenvalue weighted by molar-refractivity contribution is 5.96. The summed E-state index contributed by atoms with van der Waals surface area (Å²) in [4.78, 5) is 30.3. The Labute approximate surface area is 147 Å². The number of carboxylic acids is 1. The molecule has 9 heteroatoms. The average molecular weight is 369 g/mol. The Hall–Kier alpha value is -2.84. The molecule has 0 saturated heterocycles. The Morgan fingerprint density at radius 2 is 1.92 bits per heavy atom. The molecule has 1 unspecified atom stereocenters. The van der Waals surface area contributed by atoms with Crippen molar-refractivity contribution in [2.75, 3.05) is 0 Å². The van der Waals surface area contributed by atoms with Crippen molar-refractivity contribution in [2.24, 2.45) is 5.92 Å². The van der Waals surface area contributed by atoms with Crippen LogP contribution in [-0.4, -0.2) is 33.0 Å². The summed E-state index contributed by atoms with van der Waals surface area (Å²) in [7, 11) is 0. The molecular formula is C17H18F3N3O3. The maximum atomic E-state index is 12.8. The van der Waals surface area contributed by atoms with E-state index in [0.29, 0.717) is 5.69 Å². The zero-order valence-electron chi connectivity index (χ0n) is 14.3. The summed E-state index contributed by atoms with van der Waals surface area (Å²) in [6.45, 7) is 4.82. The first-order valence-electron chi connectivity index (χ1n) is 7.78. The third-order valence-electron chi connectivity index (χ3n) is 3.78. The molecule has 0 aliphatic heterocycles. The molecule has 140 valence electrons. The monoisotopic (exact) mass is 369 g/mol. The number of nitrogens with zero attached hydrogens (tertiary/aromatic N) is 1. The fourth-order valence-electron chi connectivity index (χ4n) is 2.38. The molecule has 0 radical (unpaired) electrons. The molecule has 0 saturated carbocycles. The summed E-state index contributed by atoms with van der Waals surface area (Å²) in [5, 5.41) is 11.5. The van der Waals surface area contributed by atoms with Gasteiger partial charge in [0.25, 0.3) is 5.91 Å². The number of carbonyl (C=O) groups excluding carboxylic acids is 1. The van der Waals surface area contributed by atoms with Crippen LogP contribution in [0.4, 0.5) is 13.2 Å². The number of hydrogen-bond donors (Lipinski definition) is 3. The van der Waals surface area contributed by atoms with Crippen LogP contribution < -0.4 is 5.32 Å². The number of benzene rings is 1. The Bertz CT molecular complexity index is 828. The molecule has 0 fully saturated rings. The van der Waals surface area contributed by atoms with Crippen LogP contribution in [0.2, 0.25) is 0 Å². The molecule has 1 aromatic heterocycles. The topological polar surface area (TPSA) is 95.1 Å². The molecule has 0 bridgehead atoms. The van der Waals surface area contributed by atoms with Crippen molar-refractivity contribution in [3.8, 4) is 11.4 Å². The van der Waals surface area contributed by atoms with Gasteiger partial charge in [0.05, 0.1) is 5.56 Å². The lowest BCUT2D eigenvalue weighted by molar-refractivity contribution is -0.140. The van der Waals surface area contributed by atoms with Crippen LogP contribution in [0.3, 0.4) is 0 Å². The second kappa shape index (κ2) is 7.19. The van der Waals surface area contributed by atoms with Crippen LogP contribution in [-0.2, 0) is 11.0 Å². The largest absolute Gasteiger partial charge is 0.480 e. The van der Waals surface area contributed by atoms with Crippen molar-refractivity contribution in [2.45, 2.75) is 33.0 Å². The number of aromatic amines is 1. The van der Waals surface area contributed by atoms with E-state index >= 15 is 0 Å². The average Bonchev–Trinajstić information content (AvgIpc) is 2.93. The van der Waals surface area contributed by atoms with Gasteiger partial charge in [0.1, 0.15) is 17.6 Å². The molecule has 0 spiro atoms. The van der Waals surface area contributed by atoms with Crippen molar-refractivity contribution in [3.63, 3.8) is 0 Å². The first-order chi connectivity index (χ1) is 12.0. The number of carbonyl (C=O) groups is 2. The second-order valence-corrected chi connectivity index (χ2v) is 6.17. The molecule has 1 atom stereocenters. The lowest BCUT2D eigenvalue weighted by atomic mass is 10.0. The van der Waals surface area contributed by atoms with E-state index in [4.69, 9.17) is 5.11 Å². The maximum absolute atomic E-state index is 12.8.